The zero-order chi connectivity index (χ0) is 14.4. The van der Waals surface area contributed by atoms with Crippen molar-refractivity contribution in [2.75, 3.05) is 0 Å². The van der Waals surface area contributed by atoms with Gasteiger partial charge < -0.3 is 4.98 Å². The molecule has 1 aromatic rings. The van der Waals surface area contributed by atoms with E-state index in [1.807, 2.05) is 0 Å². The molecule has 3 rings (SSSR count). The van der Waals surface area contributed by atoms with E-state index in [0.29, 0.717) is 0 Å². The average molecular weight is 265 g/mol. The van der Waals surface area contributed by atoms with E-state index in [1.165, 1.54) is 22.5 Å². The van der Waals surface area contributed by atoms with Gasteiger partial charge in [0.05, 0.1) is 0 Å². The van der Waals surface area contributed by atoms with Crippen molar-refractivity contribution < 1.29 is 0 Å². The molecule has 0 fully saturated rings. The summed E-state index contributed by atoms with van der Waals surface area (Å²) in [4.78, 5) is 3.55. The molecule has 1 heteroatoms. The van der Waals surface area contributed by atoms with Gasteiger partial charge in [-0.05, 0) is 24.0 Å². The number of fused-ring (bicyclic) bond motifs is 3. The summed E-state index contributed by atoms with van der Waals surface area (Å²) in [6.07, 6.45) is 19.2. The Balaban J connectivity index is 2.15. The molecular weight excluding hydrogens is 242 g/mol. The second-order valence-electron chi connectivity index (χ2n) is 7.20. The average Bonchev–Trinajstić information content (AvgIpc) is 2.59. The van der Waals surface area contributed by atoms with Gasteiger partial charge in [0.15, 0.2) is 0 Å². The molecule has 0 saturated heterocycles. The highest BCUT2D eigenvalue weighted by molar-refractivity contribution is 5.80. The number of nitrogens with one attached hydrogen (secondary N) is 1. The first-order valence-electron chi connectivity index (χ1n) is 7.37. The zero-order valence-corrected chi connectivity index (χ0v) is 12.8. The molecule has 1 nitrogen and oxygen atoms in total. The summed E-state index contributed by atoms with van der Waals surface area (Å²) in [7, 11) is 0. The van der Waals surface area contributed by atoms with Gasteiger partial charge in [-0.3, -0.25) is 0 Å². The van der Waals surface area contributed by atoms with Crippen LogP contribution in [0.4, 0.5) is 0 Å². The highest BCUT2D eigenvalue weighted by Gasteiger charge is 2.19. The molecule has 0 unspecified atom stereocenters. The monoisotopic (exact) mass is 265 g/mol. The van der Waals surface area contributed by atoms with Crippen molar-refractivity contribution in [1.82, 2.24) is 4.98 Å². The Morgan fingerprint density at radius 1 is 0.800 bits per heavy atom. The number of H-pyrrole nitrogens is 1. The first-order valence-corrected chi connectivity index (χ1v) is 7.37. The van der Waals surface area contributed by atoms with Gasteiger partial charge in [-0.15, -0.1) is 0 Å². The minimum atomic E-state index is 0.118. The van der Waals surface area contributed by atoms with Crippen LogP contribution in [0.2, 0.25) is 0 Å². The van der Waals surface area contributed by atoms with Crippen LogP contribution in [0.15, 0.2) is 24.3 Å². The molecule has 0 amide bonds. The van der Waals surface area contributed by atoms with E-state index in [9.17, 15) is 0 Å². The lowest BCUT2D eigenvalue weighted by molar-refractivity contribution is 0.492. The predicted molar refractivity (Wildman–Crippen MR) is 89.1 cm³/mol. The van der Waals surface area contributed by atoms with Gasteiger partial charge in [0.1, 0.15) is 0 Å². The minimum Gasteiger partial charge on any atom is -0.355 e. The van der Waals surface area contributed by atoms with Crippen molar-refractivity contribution in [2.45, 2.75) is 34.1 Å². The molecular formula is C19H23N. The van der Waals surface area contributed by atoms with Gasteiger partial charge >= 0.3 is 0 Å². The van der Waals surface area contributed by atoms with Crippen molar-refractivity contribution in [3.8, 4) is 0 Å². The molecule has 1 N–H and O–H groups in total. The van der Waals surface area contributed by atoms with Crippen molar-refractivity contribution in [3.63, 3.8) is 0 Å². The van der Waals surface area contributed by atoms with Crippen LogP contribution in [0, 0.1) is 10.8 Å². The van der Waals surface area contributed by atoms with Crippen LogP contribution in [-0.2, 0) is 0 Å². The standard InChI is InChI=1S/C19H23N/c1-18(2)10-5-6-16-14(7-11-18)15-8-12-19(3,4)13-9-17(15)20-16/h5-9,11-13,20H,10H2,1-4H3/b6-5+,11-7-. The van der Waals surface area contributed by atoms with Crippen LogP contribution in [0.25, 0.3) is 24.3 Å². The summed E-state index contributed by atoms with van der Waals surface area (Å²) in [5, 5.41) is 0. The molecule has 0 aliphatic heterocycles. The van der Waals surface area contributed by atoms with Crippen molar-refractivity contribution in [2.24, 2.45) is 10.8 Å². The van der Waals surface area contributed by atoms with Crippen molar-refractivity contribution in [1.29, 1.82) is 0 Å². The number of hydrogen-bond acceptors (Lipinski definition) is 0. The summed E-state index contributed by atoms with van der Waals surface area (Å²) in [6, 6.07) is 0. The number of hydrogen-bond donors (Lipinski definition) is 1. The Kier molecular flexibility index (Phi) is 2.89. The Bertz CT molecular complexity index is 646. The summed E-state index contributed by atoms with van der Waals surface area (Å²) in [5.74, 6) is 0. The minimum absolute atomic E-state index is 0.118. The summed E-state index contributed by atoms with van der Waals surface area (Å²) >= 11 is 0. The maximum Gasteiger partial charge on any atom is 0.0461 e. The van der Waals surface area contributed by atoms with Gasteiger partial charge in [0, 0.05) is 27.9 Å². The molecule has 0 aromatic carbocycles. The normalized spacial score (nSPS) is 25.0. The number of allylic oxidation sites excluding steroid dienone is 4. The third-order valence-electron chi connectivity index (χ3n) is 4.13. The first-order chi connectivity index (χ1) is 9.36. The van der Waals surface area contributed by atoms with E-state index < -0.39 is 0 Å². The predicted octanol–water partition coefficient (Wildman–Crippen LogP) is 5.54. The second-order valence-corrected chi connectivity index (χ2v) is 7.20. The van der Waals surface area contributed by atoms with Crippen LogP contribution in [0.3, 0.4) is 0 Å². The van der Waals surface area contributed by atoms with E-state index >= 15 is 0 Å². The molecule has 1 heterocycles. The smallest absolute Gasteiger partial charge is 0.0461 e. The molecule has 2 aliphatic rings. The fourth-order valence-electron chi connectivity index (χ4n) is 2.70. The molecule has 2 aliphatic carbocycles. The lowest BCUT2D eigenvalue weighted by Crippen LogP contribution is -2.06. The highest BCUT2D eigenvalue weighted by Crippen LogP contribution is 2.34. The van der Waals surface area contributed by atoms with Gasteiger partial charge in [-0.25, -0.2) is 0 Å². The number of aromatic amines is 1. The third kappa shape index (κ3) is 2.45. The van der Waals surface area contributed by atoms with E-state index in [-0.39, 0.29) is 10.8 Å². The van der Waals surface area contributed by atoms with Gasteiger partial charge in [-0.1, -0.05) is 64.2 Å². The van der Waals surface area contributed by atoms with Crippen molar-refractivity contribution >= 4 is 24.3 Å². The van der Waals surface area contributed by atoms with Crippen LogP contribution in [0.1, 0.15) is 56.6 Å². The van der Waals surface area contributed by atoms with Crippen LogP contribution in [0.5, 0.6) is 0 Å². The van der Waals surface area contributed by atoms with E-state index in [4.69, 9.17) is 0 Å². The lowest BCUT2D eigenvalue weighted by Gasteiger charge is -2.19. The Hall–Kier alpha value is -1.76. The second kappa shape index (κ2) is 4.37. The summed E-state index contributed by atoms with van der Waals surface area (Å²) < 4.78 is 0. The zero-order valence-electron chi connectivity index (χ0n) is 12.8. The fourth-order valence-corrected chi connectivity index (χ4v) is 2.70. The number of aromatic nitrogens is 1. The molecule has 20 heavy (non-hydrogen) atoms. The Labute approximate surface area is 121 Å². The van der Waals surface area contributed by atoms with Crippen molar-refractivity contribution in [3.05, 3.63) is 46.8 Å². The van der Waals surface area contributed by atoms with Gasteiger partial charge in [-0.2, -0.15) is 0 Å². The Morgan fingerprint density at radius 3 is 2.15 bits per heavy atom. The van der Waals surface area contributed by atoms with Crippen LogP contribution < -0.4 is 0 Å². The maximum atomic E-state index is 3.55. The Morgan fingerprint density at radius 2 is 1.40 bits per heavy atom. The number of rotatable bonds is 0. The summed E-state index contributed by atoms with van der Waals surface area (Å²) in [6.45, 7) is 9.02. The molecule has 1 aromatic heterocycles. The van der Waals surface area contributed by atoms with E-state index in [0.717, 1.165) is 6.42 Å². The molecule has 0 radical (unpaired) electrons. The molecule has 0 saturated carbocycles. The first kappa shape index (κ1) is 13.2. The highest BCUT2D eigenvalue weighted by atomic mass is 14.7. The largest absolute Gasteiger partial charge is 0.355 e. The molecule has 0 spiro atoms. The van der Waals surface area contributed by atoms with Crippen LogP contribution in [-0.4, -0.2) is 4.98 Å². The fraction of sp³-hybridized carbons (Fsp3) is 0.368. The molecule has 0 atom stereocenters. The lowest BCUT2D eigenvalue weighted by atomic mass is 9.86. The molecule has 104 valence electrons. The van der Waals surface area contributed by atoms with E-state index in [1.54, 1.807) is 0 Å². The van der Waals surface area contributed by atoms with E-state index in [2.05, 4.69) is 81.3 Å². The summed E-state index contributed by atoms with van der Waals surface area (Å²) in [5.41, 5.74) is 5.39. The quantitative estimate of drug-likeness (QED) is 0.634. The maximum absolute atomic E-state index is 3.55. The van der Waals surface area contributed by atoms with Crippen LogP contribution >= 0.6 is 0 Å². The topological polar surface area (TPSA) is 15.8 Å². The SMILES string of the molecule is CC1(C)C=Cc2[nH]c3c(c2C=C1)/C=C\C(C)(C)C/C=C/3. The van der Waals surface area contributed by atoms with Gasteiger partial charge in [0.2, 0.25) is 0 Å². The third-order valence-corrected chi connectivity index (χ3v) is 4.13. The molecule has 0 bridgehead atoms. The van der Waals surface area contributed by atoms with Gasteiger partial charge in [0.25, 0.3) is 0 Å².